The van der Waals surface area contributed by atoms with Crippen LogP contribution in [0.25, 0.3) is 0 Å². The number of rotatable bonds is 6. The van der Waals surface area contributed by atoms with Gasteiger partial charge in [-0.3, -0.25) is 9.59 Å². The number of benzene rings is 1. The Morgan fingerprint density at radius 1 is 1.28 bits per heavy atom. The number of hydrogen-bond acceptors (Lipinski definition) is 2. The number of nitrogens with one attached hydrogen (secondary N) is 1. The Kier molecular flexibility index (Phi) is 5.65. The van der Waals surface area contributed by atoms with E-state index in [4.69, 9.17) is 16.7 Å². The third-order valence-corrected chi connectivity index (χ3v) is 2.85. The van der Waals surface area contributed by atoms with Gasteiger partial charge in [-0.25, -0.2) is 0 Å². The van der Waals surface area contributed by atoms with E-state index in [2.05, 4.69) is 5.32 Å². The highest BCUT2D eigenvalue weighted by Gasteiger charge is 2.08. The number of amides is 1. The third kappa shape index (κ3) is 4.75. The molecule has 1 rings (SSSR count). The van der Waals surface area contributed by atoms with Crippen LogP contribution < -0.4 is 5.32 Å². The number of carboxylic acids is 1. The Hall–Kier alpha value is -1.55. The Morgan fingerprint density at radius 2 is 1.94 bits per heavy atom. The van der Waals surface area contributed by atoms with E-state index in [1.165, 1.54) is 0 Å². The number of unbranched alkanes of at least 4 members (excludes halogenated alkanes) is 1. The van der Waals surface area contributed by atoms with E-state index in [1.807, 2.05) is 19.1 Å². The van der Waals surface area contributed by atoms with Crippen molar-refractivity contribution in [3.8, 4) is 0 Å². The Morgan fingerprint density at radius 3 is 2.56 bits per heavy atom. The number of carbonyl (C=O) groups excluding carboxylic acids is 1. The number of para-hydroxylation sites is 1. The third-order valence-electron chi connectivity index (χ3n) is 2.53. The van der Waals surface area contributed by atoms with Crippen LogP contribution in [0.5, 0.6) is 0 Å². The summed E-state index contributed by atoms with van der Waals surface area (Å²) < 4.78 is 0. The van der Waals surface area contributed by atoms with E-state index < -0.39 is 5.97 Å². The number of halogens is 1. The molecule has 0 saturated carbocycles. The summed E-state index contributed by atoms with van der Waals surface area (Å²) >= 11 is 5.98. The van der Waals surface area contributed by atoms with Gasteiger partial charge in [0.05, 0.1) is 10.7 Å². The minimum absolute atomic E-state index is 0.0956. The molecule has 0 fully saturated rings. The molecule has 2 N–H and O–H groups in total. The molecule has 0 aliphatic carbocycles. The zero-order valence-electron chi connectivity index (χ0n) is 10.2. The lowest BCUT2D eigenvalue weighted by atomic mass is 10.1. The summed E-state index contributed by atoms with van der Waals surface area (Å²) in [4.78, 5) is 22.0. The number of aryl methyl sites for hydroxylation is 1. The first kappa shape index (κ1) is 14.5. The van der Waals surface area contributed by atoms with Crippen LogP contribution in [0.2, 0.25) is 5.02 Å². The number of carbonyl (C=O) groups is 2. The van der Waals surface area contributed by atoms with Crippen molar-refractivity contribution in [3.63, 3.8) is 0 Å². The number of carboxylic acid groups (broad SMARTS) is 1. The highest BCUT2D eigenvalue weighted by molar-refractivity contribution is 6.33. The first-order chi connectivity index (χ1) is 8.50. The molecule has 0 aliphatic rings. The van der Waals surface area contributed by atoms with Gasteiger partial charge in [-0.15, -0.1) is 0 Å². The molecule has 0 radical (unpaired) electrons. The van der Waals surface area contributed by atoms with Crippen molar-refractivity contribution < 1.29 is 14.7 Å². The molecule has 0 heterocycles. The number of aliphatic carboxylic acids is 1. The monoisotopic (exact) mass is 269 g/mol. The number of anilines is 1. The smallest absolute Gasteiger partial charge is 0.303 e. The maximum absolute atomic E-state index is 11.6. The lowest BCUT2D eigenvalue weighted by Crippen LogP contribution is -2.12. The largest absolute Gasteiger partial charge is 0.481 e. The highest BCUT2D eigenvalue weighted by Crippen LogP contribution is 2.25. The Balaban J connectivity index is 2.43. The van der Waals surface area contributed by atoms with E-state index in [0.29, 0.717) is 30.0 Å². The van der Waals surface area contributed by atoms with Crippen molar-refractivity contribution in [1.82, 2.24) is 0 Å². The van der Waals surface area contributed by atoms with Gasteiger partial charge in [-0.05, 0) is 31.4 Å². The van der Waals surface area contributed by atoms with Gasteiger partial charge in [0, 0.05) is 12.8 Å². The molecule has 0 aliphatic heterocycles. The zero-order valence-corrected chi connectivity index (χ0v) is 11.0. The van der Waals surface area contributed by atoms with Gasteiger partial charge < -0.3 is 10.4 Å². The first-order valence-corrected chi connectivity index (χ1v) is 6.15. The van der Waals surface area contributed by atoms with Crippen molar-refractivity contribution in [2.45, 2.75) is 32.6 Å². The molecule has 1 aromatic carbocycles. The van der Waals surface area contributed by atoms with Crippen LogP contribution in [-0.2, 0) is 9.59 Å². The summed E-state index contributed by atoms with van der Waals surface area (Å²) in [7, 11) is 0. The molecule has 1 aromatic rings. The van der Waals surface area contributed by atoms with E-state index in [9.17, 15) is 9.59 Å². The summed E-state index contributed by atoms with van der Waals surface area (Å²) in [6, 6.07) is 5.40. The first-order valence-electron chi connectivity index (χ1n) is 5.77. The minimum Gasteiger partial charge on any atom is -0.481 e. The molecule has 4 nitrogen and oxygen atoms in total. The van der Waals surface area contributed by atoms with Crippen LogP contribution in [0, 0.1) is 6.92 Å². The van der Waals surface area contributed by atoms with Crippen molar-refractivity contribution >= 4 is 29.2 Å². The summed E-state index contributed by atoms with van der Waals surface area (Å²) in [5, 5.41) is 11.7. The van der Waals surface area contributed by atoms with E-state index in [0.717, 1.165) is 5.56 Å². The van der Waals surface area contributed by atoms with E-state index in [-0.39, 0.29) is 12.3 Å². The van der Waals surface area contributed by atoms with Crippen LogP contribution in [0.1, 0.15) is 31.2 Å². The molecule has 0 spiro atoms. The van der Waals surface area contributed by atoms with Gasteiger partial charge in [0.2, 0.25) is 5.91 Å². The Bertz CT molecular complexity index is 426. The maximum Gasteiger partial charge on any atom is 0.303 e. The average molecular weight is 270 g/mol. The second-order valence-corrected chi connectivity index (χ2v) is 4.49. The topological polar surface area (TPSA) is 66.4 Å². The van der Waals surface area contributed by atoms with Crippen molar-refractivity contribution in [3.05, 3.63) is 28.8 Å². The average Bonchev–Trinajstić information content (AvgIpc) is 2.29. The standard InChI is InChI=1S/C13H16ClNO3/c1-9-5-4-6-10(14)13(9)15-11(16)7-2-3-8-12(17)18/h4-6H,2-3,7-8H2,1H3,(H,15,16)(H,17,18). The Labute approximate surface area is 111 Å². The van der Waals surface area contributed by atoms with E-state index in [1.54, 1.807) is 6.07 Å². The van der Waals surface area contributed by atoms with Crippen molar-refractivity contribution in [1.29, 1.82) is 0 Å². The van der Waals surface area contributed by atoms with Gasteiger partial charge in [-0.2, -0.15) is 0 Å². The molecule has 1 amide bonds. The SMILES string of the molecule is Cc1cccc(Cl)c1NC(=O)CCCCC(=O)O. The number of hydrogen-bond donors (Lipinski definition) is 2. The molecule has 0 unspecified atom stereocenters. The van der Waals surface area contributed by atoms with Gasteiger partial charge in [0.15, 0.2) is 0 Å². The summed E-state index contributed by atoms with van der Waals surface area (Å²) in [6.07, 6.45) is 1.46. The summed E-state index contributed by atoms with van der Waals surface area (Å²) in [6.45, 7) is 1.87. The van der Waals surface area contributed by atoms with Crippen LogP contribution in [0.3, 0.4) is 0 Å². The second-order valence-electron chi connectivity index (χ2n) is 4.08. The van der Waals surface area contributed by atoms with Crippen LogP contribution in [0.15, 0.2) is 18.2 Å². The fourth-order valence-electron chi connectivity index (χ4n) is 1.55. The quantitative estimate of drug-likeness (QED) is 0.779. The molecule has 0 bridgehead atoms. The molecule has 98 valence electrons. The molecule has 0 atom stereocenters. The summed E-state index contributed by atoms with van der Waals surface area (Å²) in [5.41, 5.74) is 1.53. The van der Waals surface area contributed by atoms with Gasteiger partial charge in [0.25, 0.3) is 0 Å². The molecular formula is C13H16ClNO3. The normalized spacial score (nSPS) is 10.1. The lowest BCUT2D eigenvalue weighted by Gasteiger charge is -2.09. The highest BCUT2D eigenvalue weighted by atomic mass is 35.5. The van der Waals surface area contributed by atoms with E-state index >= 15 is 0 Å². The predicted molar refractivity (Wildman–Crippen MR) is 70.9 cm³/mol. The fraction of sp³-hybridized carbons (Fsp3) is 0.385. The maximum atomic E-state index is 11.6. The molecule has 0 aromatic heterocycles. The van der Waals surface area contributed by atoms with Gasteiger partial charge >= 0.3 is 5.97 Å². The lowest BCUT2D eigenvalue weighted by molar-refractivity contribution is -0.137. The summed E-state index contributed by atoms with van der Waals surface area (Å²) in [5.74, 6) is -0.978. The van der Waals surface area contributed by atoms with Crippen LogP contribution in [-0.4, -0.2) is 17.0 Å². The van der Waals surface area contributed by atoms with Gasteiger partial charge in [0.1, 0.15) is 0 Å². The second kappa shape index (κ2) is 7.01. The minimum atomic E-state index is -0.836. The van der Waals surface area contributed by atoms with Crippen LogP contribution >= 0.6 is 11.6 Å². The molecule has 0 saturated heterocycles. The van der Waals surface area contributed by atoms with Crippen LogP contribution in [0.4, 0.5) is 5.69 Å². The molecular weight excluding hydrogens is 254 g/mol. The predicted octanol–water partition coefficient (Wildman–Crippen LogP) is 3.23. The molecule has 5 heteroatoms. The van der Waals surface area contributed by atoms with Crippen molar-refractivity contribution in [2.24, 2.45) is 0 Å². The zero-order chi connectivity index (χ0) is 13.5. The molecule has 18 heavy (non-hydrogen) atoms. The fourth-order valence-corrected chi connectivity index (χ4v) is 1.82. The van der Waals surface area contributed by atoms with Crippen molar-refractivity contribution in [2.75, 3.05) is 5.32 Å². The van der Waals surface area contributed by atoms with Gasteiger partial charge in [-0.1, -0.05) is 23.7 Å².